The van der Waals surface area contributed by atoms with Crippen molar-refractivity contribution in [2.75, 3.05) is 6.54 Å². The number of phenolic OH excluding ortho intramolecular Hbond substituents is 1. The monoisotopic (exact) mass is 237 g/mol. The zero-order valence-corrected chi connectivity index (χ0v) is 8.95. The summed E-state index contributed by atoms with van der Waals surface area (Å²) in [6.07, 6.45) is 0. The van der Waals surface area contributed by atoms with E-state index in [2.05, 4.69) is 10.3 Å². The molecule has 0 aliphatic carbocycles. The summed E-state index contributed by atoms with van der Waals surface area (Å²) in [7, 11) is 0. The summed E-state index contributed by atoms with van der Waals surface area (Å²) in [5, 5.41) is 12.5. The lowest BCUT2D eigenvalue weighted by atomic mass is 10.1. The van der Waals surface area contributed by atoms with Crippen LogP contribution in [0.4, 0.5) is 5.69 Å². The van der Waals surface area contributed by atoms with Gasteiger partial charge in [0.2, 0.25) is 11.9 Å². The van der Waals surface area contributed by atoms with Crippen LogP contribution in [-0.4, -0.2) is 28.4 Å². The number of phenols is 1. The second-order valence-corrected chi connectivity index (χ2v) is 4.11. The summed E-state index contributed by atoms with van der Waals surface area (Å²) in [6.45, 7) is 0.768. The fourth-order valence-electron chi connectivity index (χ4n) is 1.88. The highest BCUT2D eigenvalue weighted by Crippen LogP contribution is 2.37. The van der Waals surface area contributed by atoms with Crippen molar-refractivity contribution in [3.05, 3.63) is 22.7 Å². The molecule has 2 aliphatic heterocycles. The van der Waals surface area contributed by atoms with E-state index in [1.165, 1.54) is 6.07 Å². The van der Waals surface area contributed by atoms with Crippen LogP contribution in [0.15, 0.2) is 17.1 Å². The van der Waals surface area contributed by atoms with Crippen molar-refractivity contribution in [2.45, 2.75) is 6.54 Å². The summed E-state index contributed by atoms with van der Waals surface area (Å²) in [4.78, 5) is 17.3. The Bertz CT molecular complexity index is 527. The average molecular weight is 238 g/mol. The van der Waals surface area contributed by atoms with Crippen molar-refractivity contribution >= 4 is 29.2 Å². The molecule has 1 aromatic carbocycles. The number of rotatable bonds is 0. The minimum atomic E-state index is -0.0769. The van der Waals surface area contributed by atoms with Gasteiger partial charge < -0.3 is 10.0 Å². The van der Waals surface area contributed by atoms with Crippen LogP contribution < -0.4 is 5.32 Å². The van der Waals surface area contributed by atoms with Crippen molar-refractivity contribution in [1.29, 1.82) is 0 Å². The van der Waals surface area contributed by atoms with E-state index in [0.717, 1.165) is 5.56 Å². The first-order valence-electron chi connectivity index (χ1n) is 4.79. The Balaban J connectivity index is 2.12. The predicted octanol–water partition coefficient (Wildman–Crippen LogP) is 0.978. The van der Waals surface area contributed by atoms with E-state index in [1.807, 2.05) is 0 Å². The summed E-state index contributed by atoms with van der Waals surface area (Å²) < 4.78 is 0. The highest BCUT2D eigenvalue weighted by atomic mass is 35.5. The van der Waals surface area contributed by atoms with E-state index in [9.17, 15) is 9.90 Å². The minimum absolute atomic E-state index is 0.0394. The molecule has 2 N–H and O–H groups in total. The number of hydrogen-bond donors (Lipinski definition) is 2. The zero-order chi connectivity index (χ0) is 11.3. The number of nitrogens with one attached hydrogen (secondary N) is 1. The number of carbonyl (C=O) groups is 1. The lowest BCUT2D eigenvalue weighted by Crippen LogP contribution is -2.32. The fraction of sp³-hybridized carbons (Fsp3) is 0.200. The molecule has 1 amide bonds. The molecule has 0 saturated carbocycles. The van der Waals surface area contributed by atoms with Gasteiger partial charge in [-0.1, -0.05) is 11.6 Å². The molecular formula is C10H8ClN3O2. The quantitative estimate of drug-likeness (QED) is 0.707. The van der Waals surface area contributed by atoms with Crippen molar-refractivity contribution in [1.82, 2.24) is 10.2 Å². The van der Waals surface area contributed by atoms with Crippen LogP contribution in [0.5, 0.6) is 5.75 Å². The predicted molar refractivity (Wildman–Crippen MR) is 58.8 cm³/mol. The van der Waals surface area contributed by atoms with E-state index in [-0.39, 0.29) is 18.2 Å². The van der Waals surface area contributed by atoms with Crippen molar-refractivity contribution in [3.63, 3.8) is 0 Å². The normalized spacial score (nSPS) is 17.7. The first-order valence-corrected chi connectivity index (χ1v) is 5.17. The Kier molecular flexibility index (Phi) is 1.85. The molecule has 3 rings (SSSR count). The van der Waals surface area contributed by atoms with Crippen molar-refractivity contribution in [2.24, 2.45) is 4.99 Å². The molecule has 0 unspecified atom stereocenters. The van der Waals surface area contributed by atoms with Gasteiger partial charge >= 0.3 is 0 Å². The van der Waals surface area contributed by atoms with Gasteiger partial charge in [0.25, 0.3) is 0 Å². The van der Waals surface area contributed by atoms with Crippen LogP contribution in [0.3, 0.4) is 0 Å². The molecule has 1 fully saturated rings. The molecule has 2 heterocycles. The van der Waals surface area contributed by atoms with Crippen LogP contribution in [-0.2, 0) is 11.3 Å². The maximum absolute atomic E-state index is 11.2. The van der Waals surface area contributed by atoms with Gasteiger partial charge in [0.05, 0.1) is 17.3 Å². The number of fused-ring (bicyclic) bond motifs is 2. The molecule has 1 saturated heterocycles. The van der Waals surface area contributed by atoms with E-state index in [0.29, 0.717) is 23.2 Å². The third kappa shape index (κ3) is 1.25. The van der Waals surface area contributed by atoms with Gasteiger partial charge in [-0.3, -0.25) is 10.1 Å². The number of amides is 1. The molecule has 0 spiro atoms. The molecule has 6 heteroatoms. The van der Waals surface area contributed by atoms with Gasteiger partial charge in [0.1, 0.15) is 12.3 Å². The van der Waals surface area contributed by atoms with Gasteiger partial charge in [-0.15, -0.1) is 0 Å². The second-order valence-electron chi connectivity index (χ2n) is 3.74. The number of aromatic hydroxyl groups is 1. The number of halogens is 1. The average Bonchev–Trinajstić information content (AvgIpc) is 2.61. The lowest BCUT2D eigenvalue weighted by Gasteiger charge is -2.23. The van der Waals surface area contributed by atoms with Gasteiger partial charge in [-0.25, -0.2) is 4.99 Å². The SMILES string of the molecule is O=C1CN2Cc3c(ccc(O)c3Cl)N=C2N1. The third-order valence-electron chi connectivity index (χ3n) is 2.66. The Morgan fingerprint density at radius 1 is 1.44 bits per heavy atom. The first kappa shape index (κ1) is 9.47. The molecule has 2 aliphatic rings. The molecular weight excluding hydrogens is 230 g/mol. The lowest BCUT2D eigenvalue weighted by molar-refractivity contribution is -0.118. The van der Waals surface area contributed by atoms with Crippen LogP contribution in [0, 0.1) is 0 Å². The third-order valence-corrected chi connectivity index (χ3v) is 3.08. The maximum atomic E-state index is 11.2. The number of benzene rings is 1. The number of carbonyl (C=O) groups excluding carboxylic acids is 1. The van der Waals surface area contributed by atoms with Gasteiger partial charge in [0, 0.05) is 5.56 Å². The minimum Gasteiger partial charge on any atom is -0.506 e. The van der Waals surface area contributed by atoms with E-state index in [1.54, 1.807) is 11.0 Å². The first-order chi connectivity index (χ1) is 7.65. The van der Waals surface area contributed by atoms with Crippen LogP contribution >= 0.6 is 11.6 Å². The molecule has 0 bridgehead atoms. The van der Waals surface area contributed by atoms with E-state index < -0.39 is 0 Å². The second kappa shape index (κ2) is 3.12. The molecule has 16 heavy (non-hydrogen) atoms. The standard InChI is InChI=1S/C10H8ClN3O2/c11-9-5-3-14-4-8(16)13-10(14)12-6(5)1-2-7(9)15/h1-2,15H,3-4H2,(H,12,13,16). The Hall–Kier alpha value is -1.75. The summed E-state index contributed by atoms with van der Waals surface area (Å²) in [5.41, 5.74) is 1.44. The largest absolute Gasteiger partial charge is 0.506 e. The van der Waals surface area contributed by atoms with Gasteiger partial charge in [-0.05, 0) is 12.1 Å². The highest BCUT2D eigenvalue weighted by Gasteiger charge is 2.30. The number of hydrogen-bond acceptors (Lipinski definition) is 4. The number of guanidine groups is 1. The van der Waals surface area contributed by atoms with Crippen LogP contribution in [0.2, 0.25) is 5.02 Å². The summed E-state index contributed by atoms with van der Waals surface area (Å²) >= 11 is 5.99. The van der Waals surface area contributed by atoms with Crippen LogP contribution in [0.1, 0.15) is 5.56 Å². The Morgan fingerprint density at radius 3 is 3.06 bits per heavy atom. The van der Waals surface area contributed by atoms with Crippen LogP contribution in [0.25, 0.3) is 0 Å². The number of nitrogens with zero attached hydrogens (tertiary/aromatic N) is 2. The summed E-state index contributed by atoms with van der Waals surface area (Å²) in [6, 6.07) is 3.18. The van der Waals surface area contributed by atoms with Crippen molar-refractivity contribution < 1.29 is 9.90 Å². The van der Waals surface area contributed by atoms with E-state index in [4.69, 9.17) is 11.6 Å². The van der Waals surface area contributed by atoms with Gasteiger partial charge in [-0.2, -0.15) is 0 Å². The fourth-order valence-corrected chi connectivity index (χ4v) is 2.10. The van der Waals surface area contributed by atoms with E-state index >= 15 is 0 Å². The van der Waals surface area contributed by atoms with Gasteiger partial charge in [0.15, 0.2) is 0 Å². The zero-order valence-electron chi connectivity index (χ0n) is 8.20. The topological polar surface area (TPSA) is 64.9 Å². The molecule has 5 nitrogen and oxygen atoms in total. The maximum Gasteiger partial charge on any atom is 0.246 e. The molecule has 0 radical (unpaired) electrons. The van der Waals surface area contributed by atoms with Crippen molar-refractivity contribution in [3.8, 4) is 5.75 Å². The summed E-state index contributed by atoms with van der Waals surface area (Å²) in [5.74, 6) is 0.517. The number of aliphatic imine (C=N–C) groups is 1. The molecule has 82 valence electrons. The molecule has 0 atom stereocenters. The Labute approximate surface area is 96.3 Å². The molecule has 0 aromatic heterocycles. The Morgan fingerprint density at radius 2 is 2.25 bits per heavy atom. The highest BCUT2D eigenvalue weighted by molar-refractivity contribution is 6.33. The smallest absolute Gasteiger partial charge is 0.246 e. The molecule has 1 aromatic rings.